The third-order valence-electron chi connectivity index (χ3n) is 6.25. The fourth-order valence-electron chi connectivity index (χ4n) is 4.55. The van der Waals surface area contributed by atoms with Crippen molar-refractivity contribution < 1.29 is 31.6 Å². The zero-order valence-corrected chi connectivity index (χ0v) is 18.5. The van der Waals surface area contributed by atoms with Gasteiger partial charge >= 0.3 is 0 Å². The minimum Gasteiger partial charge on any atom is -1.00 e. The summed E-state index contributed by atoms with van der Waals surface area (Å²) >= 11 is 0. The number of aliphatic hydroxyl groups excluding tert-OH is 1. The van der Waals surface area contributed by atoms with Crippen LogP contribution >= 0.6 is 0 Å². The number of ether oxygens (including phenoxy) is 1. The van der Waals surface area contributed by atoms with Crippen molar-refractivity contribution in [1.82, 2.24) is 0 Å². The Labute approximate surface area is 183 Å². The number of nitrogens with one attached hydrogen (secondary N) is 1. The Bertz CT molecular complexity index is 1070. The average molecular weight is 432 g/mol. The zero-order valence-electron chi connectivity index (χ0n) is 17.8. The van der Waals surface area contributed by atoms with Crippen molar-refractivity contribution in [3.8, 4) is 5.75 Å². The minimum absolute atomic E-state index is 0. The molecule has 6 heteroatoms. The van der Waals surface area contributed by atoms with Crippen molar-refractivity contribution in [2.75, 3.05) is 13.2 Å². The predicted octanol–water partition coefficient (Wildman–Crippen LogP) is -0.156. The molecule has 3 aromatic rings. The second kappa shape index (κ2) is 9.38. The number of hydrogen-bond acceptors (Lipinski definition) is 4. The van der Waals surface area contributed by atoms with Crippen LogP contribution in [0.5, 0.6) is 5.75 Å². The van der Waals surface area contributed by atoms with Crippen LogP contribution in [0.25, 0.3) is 21.9 Å². The second-order valence-corrected chi connectivity index (χ2v) is 8.57. The van der Waals surface area contributed by atoms with Crippen LogP contribution in [-0.4, -0.2) is 36.4 Å². The molecule has 2 aromatic carbocycles. The van der Waals surface area contributed by atoms with E-state index in [1.165, 1.54) is 24.2 Å². The molecule has 1 aliphatic rings. The number of halogens is 1. The number of likely N-dealkylation sites (tertiary alicyclic amines) is 1. The number of piperidine rings is 1. The zero-order chi connectivity index (χ0) is 20.5. The summed E-state index contributed by atoms with van der Waals surface area (Å²) in [6, 6.07) is 12.0. The molecule has 3 atom stereocenters. The topological polar surface area (TPSA) is 64.1 Å². The van der Waals surface area contributed by atoms with Gasteiger partial charge < -0.3 is 31.6 Å². The van der Waals surface area contributed by atoms with E-state index >= 15 is 0 Å². The maximum absolute atomic E-state index is 12.8. The summed E-state index contributed by atoms with van der Waals surface area (Å²) in [5.74, 6) is 0.598. The molecule has 1 aromatic heterocycles. The molecular weight excluding hydrogens is 402 g/mol. The van der Waals surface area contributed by atoms with Gasteiger partial charge in [-0.1, -0.05) is 11.6 Å². The molecule has 1 saturated heterocycles. The highest BCUT2D eigenvalue weighted by Crippen LogP contribution is 2.23. The Morgan fingerprint density at radius 2 is 1.83 bits per heavy atom. The standard InChI is InChI=1S/C24H29NO4.ClH/c1-15-7-10-22-21(11-15)24(27)20-9-8-19(12-23(20)29-22)28-14-18(26)13-25-16(2)5-4-6-17(25)3;/h7-12,16-18,26H,4-6,13-14H2,1-3H3;1H. The first kappa shape index (κ1) is 22.6. The Balaban J connectivity index is 0.00000256. The Hall–Kier alpha value is -2.08. The summed E-state index contributed by atoms with van der Waals surface area (Å²) < 4.78 is 11.8. The molecule has 5 nitrogen and oxygen atoms in total. The van der Waals surface area contributed by atoms with E-state index in [4.69, 9.17) is 9.15 Å². The molecule has 1 fully saturated rings. The monoisotopic (exact) mass is 431 g/mol. The molecule has 4 rings (SSSR count). The first-order chi connectivity index (χ1) is 13.9. The van der Waals surface area contributed by atoms with Crippen molar-refractivity contribution in [2.24, 2.45) is 0 Å². The average Bonchev–Trinajstić information content (AvgIpc) is 2.70. The Morgan fingerprint density at radius 3 is 2.57 bits per heavy atom. The van der Waals surface area contributed by atoms with E-state index in [0.29, 0.717) is 46.3 Å². The first-order valence-corrected chi connectivity index (χ1v) is 10.6. The smallest absolute Gasteiger partial charge is 0.200 e. The lowest BCUT2D eigenvalue weighted by Gasteiger charge is -2.36. The summed E-state index contributed by atoms with van der Waals surface area (Å²) in [4.78, 5) is 14.2. The summed E-state index contributed by atoms with van der Waals surface area (Å²) in [6.07, 6.45) is 3.17. The molecule has 1 aliphatic heterocycles. The van der Waals surface area contributed by atoms with E-state index < -0.39 is 6.10 Å². The highest BCUT2D eigenvalue weighted by atomic mass is 35.5. The van der Waals surface area contributed by atoms with E-state index in [-0.39, 0.29) is 24.4 Å². The van der Waals surface area contributed by atoms with Gasteiger partial charge in [-0.05, 0) is 64.3 Å². The Morgan fingerprint density at radius 1 is 1.10 bits per heavy atom. The van der Waals surface area contributed by atoms with Gasteiger partial charge in [0.2, 0.25) is 5.43 Å². The van der Waals surface area contributed by atoms with Crippen molar-refractivity contribution in [3.63, 3.8) is 0 Å². The molecule has 0 radical (unpaired) electrons. The maximum Gasteiger partial charge on any atom is 0.200 e. The number of aliphatic hydroxyl groups is 1. The summed E-state index contributed by atoms with van der Waals surface area (Å²) in [7, 11) is 0. The van der Waals surface area contributed by atoms with Crippen LogP contribution in [0.1, 0.15) is 38.7 Å². The lowest BCUT2D eigenvalue weighted by atomic mass is 9.97. The van der Waals surface area contributed by atoms with Crippen LogP contribution in [0.15, 0.2) is 45.6 Å². The number of hydrogen-bond donors (Lipinski definition) is 2. The van der Waals surface area contributed by atoms with Crippen LogP contribution in [0.3, 0.4) is 0 Å². The molecule has 3 unspecified atom stereocenters. The molecule has 0 spiro atoms. The fraction of sp³-hybridized carbons (Fsp3) is 0.458. The quantitative estimate of drug-likeness (QED) is 0.551. The van der Waals surface area contributed by atoms with Crippen molar-refractivity contribution in [3.05, 3.63) is 52.2 Å². The van der Waals surface area contributed by atoms with Crippen LogP contribution in [-0.2, 0) is 0 Å². The number of fused-ring (bicyclic) bond motifs is 2. The molecular formula is C24H30ClNO4. The number of aryl methyl sites for hydroxylation is 1. The van der Waals surface area contributed by atoms with Gasteiger partial charge in [0, 0.05) is 6.07 Å². The third-order valence-corrected chi connectivity index (χ3v) is 6.25. The molecule has 162 valence electrons. The lowest BCUT2D eigenvalue weighted by Crippen LogP contribution is -3.20. The predicted molar refractivity (Wildman–Crippen MR) is 115 cm³/mol. The van der Waals surface area contributed by atoms with E-state index in [2.05, 4.69) is 13.8 Å². The van der Waals surface area contributed by atoms with Gasteiger partial charge in [-0.3, -0.25) is 4.79 Å². The van der Waals surface area contributed by atoms with Crippen molar-refractivity contribution >= 4 is 21.9 Å². The van der Waals surface area contributed by atoms with Gasteiger partial charge in [0.1, 0.15) is 36.2 Å². The fourth-order valence-corrected chi connectivity index (χ4v) is 4.55. The maximum atomic E-state index is 12.8. The number of benzene rings is 2. The molecule has 0 amide bonds. The largest absolute Gasteiger partial charge is 1.00 e. The van der Waals surface area contributed by atoms with Gasteiger partial charge in [0.05, 0.1) is 22.9 Å². The van der Waals surface area contributed by atoms with Crippen LogP contribution < -0.4 is 27.5 Å². The van der Waals surface area contributed by atoms with Gasteiger partial charge in [-0.25, -0.2) is 0 Å². The van der Waals surface area contributed by atoms with E-state index in [9.17, 15) is 9.90 Å². The lowest BCUT2D eigenvalue weighted by molar-refractivity contribution is -0.954. The molecule has 0 bridgehead atoms. The van der Waals surface area contributed by atoms with E-state index in [1.807, 2.05) is 25.1 Å². The summed E-state index contributed by atoms with van der Waals surface area (Å²) in [5, 5.41) is 11.6. The van der Waals surface area contributed by atoms with Crippen molar-refractivity contribution in [2.45, 2.75) is 58.2 Å². The van der Waals surface area contributed by atoms with E-state index in [0.717, 1.165) is 5.56 Å². The summed E-state index contributed by atoms with van der Waals surface area (Å²) in [6.45, 7) is 7.39. The SMILES string of the molecule is Cc1ccc2oc3cc(OCC(O)C[NH+]4C(C)CCCC4C)ccc3c(=O)c2c1.[Cl-]. The van der Waals surface area contributed by atoms with Crippen LogP contribution in [0, 0.1) is 6.92 Å². The molecule has 2 N–H and O–H groups in total. The molecule has 2 heterocycles. The first-order valence-electron chi connectivity index (χ1n) is 10.6. The summed E-state index contributed by atoms with van der Waals surface area (Å²) in [5.41, 5.74) is 2.06. The molecule has 30 heavy (non-hydrogen) atoms. The number of rotatable bonds is 5. The van der Waals surface area contributed by atoms with E-state index in [1.54, 1.807) is 18.2 Å². The molecule has 0 saturated carbocycles. The van der Waals surface area contributed by atoms with Crippen molar-refractivity contribution in [1.29, 1.82) is 0 Å². The minimum atomic E-state index is -0.532. The Kier molecular flexibility index (Phi) is 7.06. The van der Waals surface area contributed by atoms with Gasteiger partial charge in [-0.15, -0.1) is 0 Å². The molecule has 0 aliphatic carbocycles. The highest BCUT2D eigenvalue weighted by molar-refractivity contribution is 5.90. The van der Waals surface area contributed by atoms with Crippen LogP contribution in [0.4, 0.5) is 0 Å². The highest BCUT2D eigenvalue weighted by Gasteiger charge is 2.30. The van der Waals surface area contributed by atoms with Gasteiger partial charge in [-0.2, -0.15) is 0 Å². The van der Waals surface area contributed by atoms with Crippen LogP contribution in [0.2, 0.25) is 0 Å². The normalized spacial score (nSPS) is 22.6. The third kappa shape index (κ3) is 4.64. The van der Waals surface area contributed by atoms with Gasteiger partial charge in [0.25, 0.3) is 0 Å². The van der Waals surface area contributed by atoms with Gasteiger partial charge in [0.15, 0.2) is 0 Å². The second-order valence-electron chi connectivity index (χ2n) is 8.57. The number of quaternary nitrogens is 1.